The summed E-state index contributed by atoms with van der Waals surface area (Å²) < 4.78 is 0. The maximum Gasteiger partial charge on any atom is 0.0481 e. The van der Waals surface area contributed by atoms with E-state index in [2.05, 4.69) is 50.2 Å². The zero-order chi connectivity index (χ0) is 13.2. The van der Waals surface area contributed by atoms with E-state index in [1.807, 2.05) is 0 Å². The maximum absolute atomic E-state index is 6.59. The van der Waals surface area contributed by atoms with Crippen LogP contribution in [0.5, 0.6) is 0 Å². The molecule has 1 aromatic carbocycles. The van der Waals surface area contributed by atoms with Crippen LogP contribution in [-0.4, -0.2) is 24.5 Å². The summed E-state index contributed by atoms with van der Waals surface area (Å²) in [6, 6.07) is 8.99. The Bertz CT molecular complexity index is 375. The standard InChI is InChI=1S/C16H26N2/c1-4-13-7-9-14(10-8-13)15(17)16(18(2)3)11-5-6-12-16/h7-10,15H,4-6,11-12,17H2,1-3H3. The van der Waals surface area contributed by atoms with Crippen LogP contribution in [0.25, 0.3) is 0 Å². The Hall–Kier alpha value is -0.860. The van der Waals surface area contributed by atoms with Crippen LogP contribution in [-0.2, 0) is 6.42 Å². The minimum atomic E-state index is 0.126. The molecule has 18 heavy (non-hydrogen) atoms. The summed E-state index contributed by atoms with van der Waals surface area (Å²) in [5.41, 5.74) is 9.41. The van der Waals surface area contributed by atoms with Gasteiger partial charge >= 0.3 is 0 Å². The summed E-state index contributed by atoms with van der Waals surface area (Å²) in [5.74, 6) is 0. The molecule has 0 saturated heterocycles. The van der Waals surface area contributed by atoms with Crippen LogP contribution in [0.1, 0.15) is 49.8 Å². The number of aryl methyl sites for hydroxylation is 1. The van der Waals surface area contributed by atoms with E-state index in [1.54, 1.807) is 0 Å². The average Bonchev–Trinajstić information content (AvgIpc) is 2.88. The third-order valence-corrected chi connectivity index (χ3v) is 4.69. The first-order valence-corrected chi connectivity index (χ1v) is 7.12. The van der Waals surface area contributed by atoms with E-state index in [1.165, 1.54) is 36.8 Å². The largest absolute Gasteiger partial charge is 0.322 e. The van der Waals surface area contributed by atoms with Crippen molar-refractivity contribution in [3.8, 4) is 0 Å². The van der Waals surface area contributed by atoms with Crippen LogP contribution in [0.2, 0.25) is 0 Å². The Morgan fingerprint density at radius 3 is 2.17 bits per heavy atom. The first-order valence-electron chi connectivity index (χ1n) is 7.12. The van der Waals surface area contributed by atoms with Gasteiger partial charge in [-0.15, -0.1) is 0 Å². The monoisotopic (exact) mass is 246 g/mol. The van der Waals surface area contributed by atoms with E-state index in [9.17, 15) is 0 Å². The van der Waals surface area contributed by atoms with Gasteiger partial charge in [0, 0.05) is 11.6 Å². The van der Waals surface area contributed by atoms with Crippen molar-refractivity contribution in [2.45, 2.75) is 50.6 Å². The smallest absolute Gasteiger partial charge is 0.0481 e. The molecule has 0 radical (unpaired) electrons. The highest BCUT2D eigenvalue weighted by atomic mass is 15.2. The summed E-state index contributed by atoms with van der Waals surface area (Å²) in [4.78, 5) is 2.35. The van der Waals surface area contributed by atoms with Crippen LogP contribution in [0.3, 0.4) is 0 Å². The topological polar surface area (TPSA) is 29.3 Å². The molecular weight excluding hydrogens is 220 g/mol. The summed E-state index contributed by atoms with van der Waals surface area (Å²) in [6.07, 6.45) is 6.14. The van der Waals surface area contributed by atoms with Gasteiger partial charge in [-0.05, 0) is 44.5 Å². The number of hydrogen-bond acceptors (Lipinski definition) is 2. The minimum absolute atomic E-state index is 0.126. The average molecular weight is 246 g/mol. The van der Waals surface area contributed by atoms with Gasteiger partial charge in [0.15, 0.2) is 0 Å². The van der Waals surface area contributed by atoms with Gasteiger partial charge in [-0.1, -0.05) is 44.0 Å². The van der Waals surface area contributed by atoms with Crippen molar-refractivity contribution in [3.05, 3.63) is 35.4 Å². The predicted octanol–water partition coefficient (Wildman–Crippen LogP) is 3.12. The Morgan fingerprint density at radius 1 is 1.17 bits per heavy atom. The van der Waals surface area contributed by atoms with Crippen LogP contribution >= 0.6 is 0 Å². The summed E-state index contributed by atoms with van der Waals surface area (Å²) in [7, 11) is 4.34. The number of nitrogens with two attached hydrogens (primary N) is 1. The molecule has 1 aliphatic rings. The first kappa shape index (κ1) is 13.6. The second-order valence-corrected chi connectivity index (χ2v) is 5.78. The molecule has 1 aliphatic carbocycles. The van der Waals surface area contributed by atoms with Gasteiger partial charge in [0.25, 0.3) is 0 Å². The van der Waals surface area contributed by atoms with Gasteiger partial charge in [-0.3, -0.25) is 0 Å². The molecule has 100 valence electrons. The fraction of sp³-hybridized carbons (Fsp3) is 0.625. The van der Waals surface area contributed by atoms with E-state index < -0.39 is 0 Å². The molecule has 1 atom stereocenters. The second-order valence-electron chi connectivity index (χ2n) is 5.78. The molecule has 1 aromatic rings. The third kappa shape index (κ3) is 2.32. The van der Waals surface area contributed by atoms with Crippen molar-refractivity contribution in [2.75, 3.05) is 14.1 Å². The van der Waals surface area contributed by atoms with Crippen molar-refractivity contribution >= 4 is 0 Å². The highest BCUT2D eigenvalue weighted by Crippen LogP contribution is 2.42. The van der Waals surface area contributed by atoms with E-state index in [4.69, 9.17) is 5.73 Å². The summed E-state index contributed by atoms with van der Waals surface area (Å²) in [6.45, 7) is 2.19. The van der Waals surface area contributed by atoms with E-state index in [0.29, 0.717) is 0 Å². The fourth-order valence-electron chi connectivity index (χ4n) is 3.29. The lowest BCUT2D eigenvalue weighted by atomic mass is 9.83. The van der Waals surface area contributed by atoms with Crippen LogP contribution < -0.4 is 5.73 Å². The van der Waals surface area contributed by atoms with Gasteiger partial charge in [-0.2, -0.15) is 0 Å². The van der Waals surface area contributed by atoms with Gasteiger partial charge in [-0.25, -0.2) is 0 Å². The molecule has 0 aromatic heterocycles. The Kier molecular flexibility index (Phi) is 4.08. The van der Waals surface area contributed by atoms with Crippen molar-refractivity contribution in [1.82, 2.24) is 4.90 Å². The van der Waals surface area contributed by atoms with Gasteiger partial charge < -0.3 is 10.6 Å². The molecule has 0 amide bonds. The van der Waals surface area contributed by atoms with E-state index in [0.717, 1.165) is 6.42 Å². The van der Waals surface area contributed by atoms with Gasteiger partial charge in [0.1, 0.15) is 0 Å². The fourth-order valence-corrected chi connectivity index (χ4v) is 3.29. The lowest BCUT2D eigenvalue weighted by Gasteiger charge is -2.41. The molecule has 2 heteroatoms. The summed E-state index contributed by atoms with van der Waals surface area (Å²) >= 11 is 0. The predicted molar refractivity (Wildman–Crippen MR) is 77.6 cm³/mol. The molecule has 2 rings (SSSR count). The minimum Gasteiger partial charge on any atom is -0.322 e. The van der Waals surface area contributed by atoms with Gasteiger partial charge in [0.2, 0.25) is 0 Å². The molecule has 0 heterocycles. The quantitative estimate of drug-likeness (QED) is 0.884. The highest BCUT2D eigenvalue weighted by Gasteiger charge is 2.41. The third-order valence-electron chi connectivity index (χ3n) is 4.69. The number of benzene rings is 1. The zero-order valence-electron chi connectivity index (χ0n) is 11.9. The first-order chi connectivity index (χ1) is 8.60. The van der Waals surface area contributed by atoms with E-state index in [-0.39, 0.29) is 11.6 Å². The normalized spacial score (nSPS) is 20.3. The molecule has 0 bridgehead atoms. The Morgan fingerprint density at radius 2 is 1.72 bits per heavy atom. The second kappa shape index (κ2) is 5.41. The van der Waals surface area contributed by atoms with E-state index >= 15 is 0 Å². The Labute approximate surface area is 111 Å². The molecular formula is C16H26N2. The Balaban J connectivity index is 2.25. The number of nitrogens with zero attached hydrogens (tertiary/aromatic N) is 1. The lowest BCUT2D eigenvalue weighted by molar-refractivity contribution is 0.123. The van der Waals surface area contributed by atoms with Crippen LogP contribution in [0.15, 0.2) is 24.3 Å². The summed E-state index contributed by atoms with van der Waals surface area (Å²) in [5, 5.41) is 0. The molecule has 1 unspecified atom stereocenters. The van der Waals surface area contributed by atoms with Crippen molar-refractivity contribution in [1.29, 1.82) is 0 Å². The van der Waals surface area contributed by atoms with Crippen LogP contribution in [0.4, 0.5) is 0 Å². The highest BCUT2D eigenvalue weighted by molar-refractivity contribution is 5.28. The van der Waals surface area contributed by atoms with Crippen molar-refractivity contribution in [3.63, 3.8) is 0 Å². The lowest BCUT2D eigenvalue weighted by Crippen LogP contribution is -2.50. The molecule has 0 aliphatic heterocycles. The number of hydrogen-bond donors (Lipinski definition) is 1. The maximum atomic E-state index is 6.59. The van der Waals surface area contributed by atoms with Crippen LogP contribution in [0, 0.1) is 0 Å². The number of rotatable bonds is 4. The number of likely N-dealkylation sites (N-methyl/N-ethyl adjacent to an activating group) is 1. The van der Waals surface area contributed by atoms with Crippen molar-refractivity contribution in [2.24, 2.45) is 5.73 Å². The SMILES string of the molecule is CCc1ccc(C(N)C2(N(C)C)CCCC2)cc1. The molecule has 2 N–H and O–H groups in total. The van der Waals surface area contributed by atoms with Crippen molar-refractivity contribution < 1.29 is 0 Å². The molecule has 1 saturated carbocycles. The van der Waals surface area contributed by atoms with Gasteiger partial charge in [0.05, 0.1) is 0 Å². The molecule has 2 nitrogen and oxygen atoms in total. The zero-order valence-corrected chi connectivity index (χ0v) is 11.9. The molecule has 1 fully saturated rings. The molecule has 0 spiro atoms.